The Morgan fingerprint density at radius 2 is 2.18 bits per heavy atom. The molecule has 0 aliphatic carbocycles. The Hall–Kier alpha value is -0.730. The molecule has 0 unspecified atom stereocenters. The highest BCUT2D eigenvalue weighted by Gasteiger charge is 2.25. The van der Waals surface area contributed by atoms with E-state index >= 15 is 0 Å². The molecule has 2 rings (SSSR count). The van der Waals surface area contributed by atoms with Gasteiger partial charge in [0.25, 0.3) is 0 Å². The first kappa shape index (κ1) is 12.7. The van der Waals surface area contributed by atoms with Crippen LogP contribution < -0.4 is 10.1 Å². The zero-order chi connectivity index (χ0) is 12.1. The monoisotopic (exact) mass is 253 g/mol. The summed E-state index contributed by atoms with van der Waals surface area (Å²) < 4.78 is 6.10. The van der Waals surface area contributed by atoms with E-state index in [0.717, 1.165) is 36.7 Å². The van der Waals surface area contributed by atoms with Crippen LogP contribution in [0.2, 0.25) is 5.02 Å². The molecule has 1 fully saturated rings. The topological polar surface area (TPSA) is 21.3 Å². The Morgan fingerprint density at radius 3 is 2.76 bits per heavy atom. The van der Waals surface area contributed by atoms with Crippen molar-refractivity contribution in [1.82, 2.24) is 5.32 Å². The molecule has 3 heteroatoms. The van der Waals surface area contributed by atoms with Crippen LogP contribution in [0.1, 0.15) is 26.2 Å². The summed E-state index contributed by atoms with van der Waals surface area (Å²) in [7, 11) is 0. The van der Waals surface area contributed by atoms with Gasteiger partial charge < -0.3 is 10.1 Å². The summed E-state index contributed by atoms with van der Waals surface area (Å²) in [6.07, 6.45) is 3.83. The van der Waals surface area contributed by atoms with E-state index in [1.54, 1.807) is 0 Å². The Morgan fingerprint density at radius 1 is 1.41 bits per heavy atom. The van der Waals surface area contributed by atoms with Gasteiger partial charge in [0.15, 0.2) is 0 Å². The Bertz CT molecular complexity index is 333. The fourth-order valence-electron chi connectivity index (χ4n) is 2.36. The van der Waals surface area contributed by atoms with Gasteiger partial charge in [0.05, 0.1) is 0 Å². The summed E-state index contributed by atoms with van der Waals surface area (Å²) in [6, 6.07) is 7.67. The van der Waals surface area contributed by atoms with Crippen LogP contribution in [0.4, 0.5) is 0 Å². The molecule has 0 bridgehead atoms. The highest BCUT2D eigenvalue weighted by Crippen LogP contribution is 2.24. The molecule has 0 spiro atoms. The number of rotatable bonds is 5. The summed E-state index contributed by atoms with van der Waals surface area (Å²) in [5.41, 5.74) is 0. The molecular weight excluding hydrogens is 234 g/mol. The highest BCUT2D eigenvalue weighted by molar-refractivity contribution is 6.30. The van der Waals surface area contributed by atoms with Crippen molar-refractivity contribution in [3.8, 4) is 5.75 Å². The molecule has 0 saturated carbocycles. The van der Waals surface area contributed by atoms with Crippen LogP contribution in [0.25, 0.3) is 0 Å². The van der Waals surface area contributed by atoms with E-state index < -0.39 is 0 Å². The number of benzene rings is 1. The maximum Gasteiger partial charge on any atom is 0.119 e. The second-order valence-electron chi connectivity index (χ2n) is 4.65. The van der Waals surface area contributed by atoms with Crippen LogP contribution in [0.15, 0.2) is 24.3 Å². The first-order valence-corrected chi connectivity index (χ1v) is 6.80. The van der Waals surface area contributed by atoms with Crippen LogP contribution >= 0.6 is 11.6 Å². The van der Waals surface area contributed by atoms with Crippen molar-refractivity contribution in [3.63, 3.8) is 0 Å². The van der Waals surface area contributed by atoms with Gasteiger partial charge in [-0.15, -0.1) is 0 Å². The Labute approximate surface area is 108 Å². The van der Waals surface area contributed by atoms with Gasteiger partial charge in [-0.1, -0.05) is 24.9 Å². The summed E-state index contributed by atoms with van der Waals surface area (Å²) in [4.78, 5) is 0. The first-order valence-electron chi connectivity index (χ1n) is 6.42. The summed E-state index contributed by atoms with van der Waals surface area (Å²) in [5.74, 6) is 1.57. The zero-order valence-corrected chi connectivity index (χ0v) is 11.0. The Kier molecular flexibility index (Phi) is 4.69. The van der Waals surface area contributed by atoms with Crippen molar-refractivity contribution < 1.29 is 4.74 Å². The number of hydrogen-bond acceptors (Lipinski definition) is 2. The molecule has 1 aromatic rings. The number of nitrogens with one attached hydrogen (secondary N) is 1. The standard InChI is InChI=1S/C14H20ClNO/c1-2-3-14(11-8-9-16-10-11)17-13-6-4-12(15)5-7-13/h4-7,11,14,16H,2-3,8-10H2,1H3/t11-,14+/m0/s1. The van der Waals surface area contributed by atoms with E-state index in [4.69, 9.17) is 16.3 Å². The van der Waals surface area contributed by atoms with E-state index in [-0.39, 0.29) is 0 Å². The van der Waals surface area contributed by atoms with E-state index in [1.165, 1.54) is 6.42 Å². The van der Waals surface area contributed by atoms with Crippen LogP contribution in [0.5, 0.6) is 5.75 Å². The fraction of sp³-hybridized carbons (Fsp3) is 0.571. The van der Waals surface area contributed by atoms with Crippen LogP contribution in [-0.4, -0.2) is 19.2 Å². The van der Waals surface area contributed by atoms with Gasteiger partial charge in [0, 0.05) is 17.5 Å². The minimum absolute atomic E-state index is 0.330. The van der Waals surface area contributed by atoms with Crippen molar-refractivity contribution in [2.75, 3.05) is 13.1 Å². The van der Waals surface area contributed by atoms with Gasteiger partial charge in [-0.25, -0.2) is 0 Å². The molecule has 2 atom stereocenters. The molecule has 17 heavy (non-hydrogen) atoms. The van der Waals surface area contributed by atoms with E-state index in [0.29, 0.717) is 12.0 Å². The van der Waals surface area contributed by atoms with Crippen molar-refractivity contribution in [1.29, 1.82) is 0 Å². The van der Waals surface area contributed by atoms with Crippen LogP contribution in [-0.2, 0) is 0 Å². The van der Waals surface area contributed by atoms with E-state index in [9.17, 15) is 0 Å². The first-order chi connectivity index (χ1) is 8.29. The fourth-order valence-corrected chi connectivity index (χ4v) is 2.48. The zero-order valence-electron chi connectivity index (χ0n) is 10.3. The normalized spacial score (nSPS) is 21.4. The lowest BCUT2D eigenvalue weighted by atomic mass is 9.97. The third-order valence-corrected chi connectivity index (χ3v) is 3.55. The second-order valence-corrected chi connectivity index (χ2v) is 5.09. The minimum Gasteiger partial charge on any atom is -0.490 e. The molecule has 0 amide bonds. The molecule has 94 valence electrons. The Balaban J connectivity index is 1.98. The van der Waals surface area contributed by atoms with Gasteiger partial charge in [-0.3, -0.25) is 0 Å². The summed E-state index contributed by atoms with van der Waals surface area (Å²) >= 11 is 5.87. The minimum atomic E-state index is 0.330. The quantitative estimate of drug-likeness (QED) is 0.867. The van der Waals surface area contributed by atoms with Gasteiger partial charge >= 0.3 is 0 Å². The average molecular weight is 254 g/mol. The largest absolute Gasteiger partial charge is 0.490 e. The predicted octanol–water partition coefficient (Wildman–Crippen LogP) is 3.50. The molecule has 1 aliphatic heterocycles. The van der Waals surface area contributed by atoms with Gasteiger partial charge in [0.2, 0.25) is 0 Å². The van der Waals surface area contributed by atoms with E-state index in [1.807, 2.05) is 24.3 Å². The van der Waals surface area contributed by atoms with Crippen LogP contribution in [0.3, 0.4) is 0 Å². The van der Waals surface area contributed by atoms with Crippen molar-refractivity contribution in [2.45, 2.75) is 32.3 Å². The molecular formula is C14H20ClNO. The van der Waals surface area contributed by atoms with Gasteiger partial charge in [-0.05, 0) is 43.7 Å². The molecule has 1 saturated heterocycles. The maximum atomic E-state index is 6.10. The molecule has 0 aromatic heterocycles. The molecule has 0 radical (unpaired) electrons. The lowest BCUT2D eigenvalue weighted by molar-refractivity contribution is 0.132. The van der Waals surface area contributed by atoms with Crippen molar-refractivity contribution in [2.24, 2.45) is 5.92 Å². The maximum absolute atomic E-state index is 6.10. The second kappa shape index (κ2) is 6.27. The molecule has 1 heterocycles. The van der Waals surface area contributed by atoms with Crippen molar-refractivity contribution in [3.05, 3.63) is 29.3 Å². The number of ether oxygens (including phenoxy) is 1. The molecule has 1 aliphatic rings. The summed E-state index contributed by atoms with van der Waals surface area (Å²) in [5, 5.41) is 4.16. The SMILES string of the molecule is CCC[C@@H](Oc1ccc(Cl)cc1)[C@H]1CCNC1. The van der Waals surface area contributed by atoms with Gasteiger partial charge in [-0.2, -0.15) is 0 Å². The predicted molar refractivity (Wildman–Crippen MR) is 71.8 cm³/mol. The summed E-state index contributed by atoms with van der Waals surface area (Å²) in [6.45, 7) is 4.41. The van der Waals surface area contributed by atoms with Crippen molar-refractivity contribution >= 4 is 11.6 Å². The third kappa shape index (κ3) is 3.62. The molecule has 1 aromatic carbocycles. The highest BCUT2D eigenvalue weighted by atomic mass is 35.5. The van der Waals surface area contributed by atoms with Crippen LogP contribution in [0, 0.1) is 5.92 Å². The van der Waals surface area contributed by atoms with E-state index in [2.05, 4.69) is 12.2 Å². The lowest BCUT2D eigenvalue weighted by Crippen LogP contribution is -2.28. The molecule has 1 N–H and O–H groups in total. The third-order valence-electron chi connectivity index (χ3n) is 3.30. The number of hydrogen-bond donors (Lipinski definition) is 1. The average Bonchev–Trinajstić information content (AvgIpc) is 2.85. The number of halogens is 1. The van der Waals surface area contributed by atoms with Gasteiger partial charge in [0.1, 0.15) is 11.9 Å². The lowest BCUT2D eigenvalue weighted by Gasteiger charge is -2.24. The molecule has 2 nitrogen and oxygen atoms in total. The smallest absolute Gasteiger partial charge is 0.119 e.